The van der Waals surface area contributed by atoms with Crippen LogP contribution in [0.15, 0.2) is 6.07 Å². The minimum atomic E-state index is 0.658. The van der Waals surface area contributed by atoms with Gasteiger partial charge in [0, 0.05) is 19.6 Å². The number of nitrogens with one attached hydrogen (secondary N) is 1. The summed E-state index contributed by atoms with van der Waals surface area (Å²) in [4.78, 5) is 2.58. The van der Waals surface area contributed by atoms with Crippen LogP contribution in [0.1, 0.15) is 45.0 Å². The summed E-state index contributed by atoms with van der Waals surface area (Å²) in [6.45, 7) is 11.2. The monoisotopic (exact) mass is 278 g/mol. The molecule has 0 amide bonds. The Morgan fingerprint density at radius 2 is 2.05 bits per heavy atom. The zero-order chi connectivity index (χ0) is 14.5. The Labute approximate surface area is 123 Å². The number of hydrogen-bond donors (Lipinski definition) is 1. The van der Waals surface area contributed by atoms with E-state index in [1.807, 2.05) is 4.68 Å². The normalized spacial score (nSPS) is 19.4. The summed E-state index contributed by atoms with van der Waals surface area (Å²) in [6, 6.07) is 2.92. The summed E-state index contributed by atoms with van der Waals surface area (Å²) < 4.78 is 2.05. The minimum absolute atomic E-state index is 0.658. The molecule has 1 N–H and O–H groups in total. The summed E-state index contributed by atoms with van der Waals surface area (Å²) in [6.07, 6.45) is 3.65. The maximum absolute atomic E-state index is 4.54. The second kappa shape index (κ2) is 7.23. The molecular formula is C16H30N4. The first kappa shape index (κ1) is 15.5. The molecule has 1 aliphatic heterocycles. The van der Waals surface area contributed by atoms with Crippen molar-refractivity contribution in [1.82, 2.24) is 20.0 Å². The topological polar surface area (TPSA) is 33.1 Å². The molecule has 1 saturated heterocycles. The van der Waals surface area contributed by atoms with E-state index in [4.69, 9.17) is 0 Å². The Morgan fingerprint density at radius 3 is 2.60 bits per heavy atom. The number of hydrogen-bond acceptors (Lipinski definition) is 3. The zero-order valence-corrected chi connectivity index (χ0v) is 13.5. The van der Waals surface area contributed by atoms with Gasteiger partial charge in [0.05, 0.1) is 11.4 Å². The maximum atomic E-state index is 4.54. The number of nitrogens with zero attached hydrogens (tertiary/aromatic N) is 3. The molecule has 1 aliphatic rings. The molecule has 1 atom stereocenters. The molecule has 20 heavy (non-hydrogen) atoms. The second-order valence-electron chi connectivity index (χ2n) is 6.06. The molecule has 0 aliphatic carbocycles. The van der Waals surface area contributed by atoms with Crippen molar-refractivity contribution in [1.29, 1.82) is 0 Å². The van der Waals surface area contributed by atoms with E-state index < -0.39 is 0 Å². The summed E-state index contributed by atoms with van der Waals surface area (Å²) in [5, 5.41) is 8.11. The molecular weight excluding hydrogens is 248 g/mol. The van der Waals surface area contributed by atoms with Gasteiger partial charge in [-0.25, -0.2) is 0 Å². The summed E-state index contributed by atoms with van der Waals surface area (Å²) >= 11 is 0. The zero-order valence-electron chi connectivity index (χ0n) is 13.5. The van der Waals surface area contributed by atoms with Crippen molar-refractivity contribution in [3.63, 3.8) is 0 Å². The number of likely N-dealkylation sites (tertiary alicyclic amines) is 1. The average Bonchev–Trinajstić information content (AvgIpc) is 2.80. The predicted octanol–water partition coefficient (Wildman–Crippen LogP) is 2.19. The van der Waals surface area contributed by atoms with Crippen LogP contribution in [0.5, 0.6) is 0 Å². The predicted molar refractivity (Wildman–Crippen MR) is 83.7 cm³/mol. The highest BCUT2D eigenvalue weighted by molar-refractivity contribution is 5.10. The van der Waals surface area contributed by atoms with E-state index in [0.717, 1.165) is 25.4 Å². The average molecular weight is 278 g/mol. The molecule has 1 aromatic rings. The first-order valence-corrected chi connectivity index (χ1v) is 8.11. The Bertz CT molecular complexity index is 405. The molecule has 2 rings (SSSR count). The molecule has 4 nitrogen and oxygen atoms in total. The second-order valence-corrected chi connectivity index (χ2v) is 6.06. The van der Waals surface area contributed by atoms with Crippen molar-refractivity contribution in [2.45, 2.75) is 52.6 Å². The van der Waals surface area contributed by atoms with E-state index in [-0.39, 0.29) is 0 Å². The van der Waals surface area contributed by atoms with Crippen molar-refractivity contribution in [2.24, 2.45) is 13.0 Å². The summed E-state index contributed by atoms with van der Waals surface area (Å²) in [5.41, 5.74) is 2.55. The third-order valence-corrected chi connectivity index (χ3v) is 4.64. The Hall–Kier alpha value is -0.870. The third-order valence-electron chi connectivity index (χ3n) is 4.64. The van der Waals surface area contributed by atoms with E-state index in [1.54, 1.807) is 0 Å². The van der Waals surface area contributed by atoms with Crippen molar-refractivity contribution >= 4 is 0 Å². The molecule has 1 unspecified atom stereocenters. The van der Waals surface area contributed by atoms with Gasteiger partial charge in [-0.3, -0.25) is 9.58 Å². The molecule has 114 valence electrons. The molecule has 0 saturated carbocycles. The van der Waals surface area contributed by atoms with Crippen LogP contribution in [0.2, 0.25) is 0 Å². The molecule has 1 aromatic heterocycles. The number of rotatable bonds is 6. The van der Waals surface area contributed by atoms with E-state index in [0.29, 0.717) is 6.04 Å². The van der Waals surface area contributed by atoms with Gasteiger partial charge < -0.3 is 5.32 Å². The van der Waals surface area contributed by atoms with Crippen molar-refractivity contribution < 1.29 is 0 Å². The van der Waals surface area contributed by atoms with E-state index in [1.165, 1.54) is 37.3 Å². The van der Waals surface area contributed by atoms with Gasteiger partial charge in [0.2, 0.25) is 0 Å². The lowest BCUT2D eigenvalue weighted by atomic mass is 9.90. The fourth-order valence-electron chi connectivity index (χ4n) is 3.22. The lowest BCUT2D eigenvalue weighted by Crippen LogP contribution is -2.41. The van der Waals surface area contributed by atoms with E-state index in [2.05, 4.69) is 49.2 Å². The lowest BCUT2D eigenvalue weighted by molar-refractivity contribution is 0.154. The first-order chi connectivity index (χ1) is 9.63. The lowest BCUT2D eigenvalue weighted by Gasteiger charge is -2.35. The van der Waals surface area contributed by atoms with Gasteiger partial charge in [-0.1, -0.05) is 13.8 Å². The highest BCUT2D eigenvalue weighted by Gasteiger charge is 2.23. The van der Waals surface area contributed by atoms with Gasteiger partial charge in [-0.05, 0) is 57.8 Å². The van der Waals surface area contributed by atoms with Crippen LogP contribution in [0.4, 0.5) is 0 Å². The Morgan fingerprint density at radius 1 is 1.35 bits per heavy atom. The van der Waals surface area contributed by atoms with E-state index in [9.17, 15) is 0 Å². The van der Waals surface area contributed by atoms with E-state index >= 15 is 0 Å². The van der Waals surface area contributed by atoms with Gasteiger partial charge in [0.1, 0.15) is 0 Å². The van der Waals surface area contributed by atoms with Crippen LogP contribution < -0.4 is 5.32 Å². The quantitative estimate of drug-likeness (QED) is 0.866. The van der Waals surface area contributed by atoms with Gasteiger partial charge in [0.25, 0.3) is 0 Å². The van der Waals surface area contributed by atoms with Gasteiger partial charge >= 0.3 is 0 Å². The smallest absolute Gasteiger partial charge is 0.0625 e. The van der Waals surface area contributed by atoms with Crippen molar-refractivity contribution in [2.75, 3.05) is 19.6 Å². The minimum Gasteiger partial charge on any atom is -0.314 e. The van der Waals surface area contributed by atoms with Crippen LogP contribution >= 0.6 is 0 Å². The summed E-state index contributed by atoms with van der Waals surface area (Å²) in [7, 11) is 2.06. The standard InChI is InChI=1S/C16H30N4/c1-5-15-11-16(19(4)18-15)12-20-9-7-14(8-10-20)13(3)17-6-2/h11,13-14,17H,5-10,12H2,1-4H3. The van der Waals surface area contributed by atoms with Gasteiger partial charge in [0.15, 0.2) is 0 Å². The molecule has 0 radical (unpaired) electrons. The highest BCUT2D eigenvalue weighted by atomic mass is 15.3. The van der Waals surface area contributed by atoms with Crippen LogP contribution in [0.25, 0.3) is 0 Å². The fraction of sp³-hybridized carbons (Fsp3) is 0.812. The third kappa shape index (κ3) is 3.83. The maximum Gasteiger partial charge on any atom is 0.0625 e. The van der Waals surface area contributed by atoms with Gasteiger partial charge in [-0.2, -0.15) is 5.10 Å². The van der Waals surface area contributed by atoms with Gasteiger partial charge in [-0.15, -0.1) is 0 Å². The highest BCUT2D eigenvalue weighted by Crippen LogP contribution is 2.22. The fourth-order valence-corrected chi connectivity index (χ4v) is 3.22. The van der Waals surface area contributed by atoms with Crippen LogP contribution in [-0.2, 0) is 20.0 Å². The molecule has 0 bridgehead atoms. The first-order valence-electron chi connectivity index (χ1n) is 8.11. The molecule has 4 heteroatoms. The Balaban J connectivity index is 1.83. The number of piperidine rings is 1. The largest absolute Gasteiger partial charge is 0.314 e. The Kier molecular flexibility index (Phi) is 5.61. The number of aryl methyl sites for hydroxylation is 2. The van der Waals surface area contributed by atoms with Crippen LogP contribution in [0.3, 0.4) is 0 Å². The molecule has 0 aromatic carbocycles. The SMILES string of the molecule is CCNC(C)C1CCN(Cc2cc(CC)nn2C)CC1. The molecule has 1 fully saturated rings. The van der Waals surface area contributed by atoms with Crippen LogP contribution in [-0.4, -0.2) is 40.4 Å². The van der Waals surface area contributed by atoms with Crippen molar-refractivity contribution in [3.8, 4) is 0 Å². The number of aromatic nitrogens is 2. The van der Waals surface area contributed by atoms with Crippen molar-refractivity contribution in [3.05, 3.63) is 17.5 Å². The molecule has 0 spiro atoms. The molecule has 2 heterocycles. The van der Waals surface area contributed by atoms with Crippen LogP contribution in [0, 0.1) is 5.92 Å². The summed E-state index contributed by atoms with van der Waals surface area (Å²) in [5.74, 6) is 0.837.